The third-order valence-corrected chi connectivity index (χ3v) is 4.43. The zero-order valence-corrected chi connectivity index (χ0v) is 16.1. The van der Waals surface area contributed by atoms with Gasteiger partial charge in [-0.05, 0) is 44.2 Å². The molecular formula is C19H30N4O3. The van der Waals surface area contributed by atoms with Crippen molar-refractivity contribution < 1.29 is 14.3 Å². The lowest BCUT2D eigenvalue weighted by molar-refractivity contribution is -0.129. The summed E-state index contributed by atoms with van der Waals surface area (Å²) in [6.45, 7) is 9.70. The van der Waals surface area contributed by atoms with Crippen molar-refractivity contribution in [1.82, 2.24) is 20.7 Å². The predicted molar refractivity (Wildman–Crippen MR) is 101 cm³/mol. The second-order valence-corrected chi connectivity index (χ2v) is 6.92. The predicted octanol–water partition coefficient (Wildman–Crippen LogP) is 1.12. The summed E-state index contributed by atoms with van der Waals surface area (Å²) >= 11 is 0. The molecule has 1 aromatic carbocycles. The lowest BCUT2D eigenvalue weighted by atomic mass is 10.0. The van der Waals surface area contributed by atoms with Gasteiger partial charge in [0.25, 0.3) is 11.8 Å². The van der Waals surface area contributed by atoms with E-state index in [1.165, 1.54) is 0 Å². The van der Waals surface area contributed by atoms with Gasteiger partial charge in [0, 0.05) is 31.7 Å². The first-order valence-electron chi connectivity index (χ1n) is 9.18. The van der Waals surface area contributed by atoms with Crippen LogP contribution in [0, 0.1) is 5.92 Å². The number of benzene rings is 1. The van der Waals surface area contributed by atoms with E-state index >= 15 is 0 Å². The number of nitrogens with one attached hydrogen (secondary N) is 2. The van der Waals surface area contributed by atoms with Gasteiger partial charge in [0.1, 0.15) is 11.8 Å². The third-order valence-electron chi connectivity index (χ3n) is 4.43. The van der Waals surface area contributed by atoms with E-state index in [2.05, 4.69) is 22.7 Å². The van der Waals surface area contributed by atoms with Crippen LogP contribution in [-0.4, -0.2) is 67.6 Å². The molecule has 1 aromatic rings. The molecule has 0 bridgehead atoms. The van der Waals surface area contributed by atoms with Crippen LogP contribution in [0.25, 0.3) is 0 Å². The molecule has 0 saturated carbocycles. The molecule has 2 rings (SSSR count). The highest BCUT2D eigenvalue weighted by atomic mass is 16.5. The van der Waals surface area contributed by atoms with Crippen molar-refractivity contribution in [3.05, 3.63) is 29.8 Å². The van der Waals surface area contributed by atoms with Gasteiger partial charge in [0.2, 0.25) is 0 Å². The molecule has 7 heteroatoms. The summed E-state index contributed by atoms with van der Waals surface area (Å²) in [5.74, 6) is 0.260. The molecule has 0 spiro atoms. The fourth-order valence-electron chi connectivity index (χ4n) is 2.77. The van der Waals surface area contributed by atoms with E-state index in [0.29, 0.717) is 12.2 Å². The average Bonchev–Trinajstić information content (AvgIpc) is 2.62. The topological polar surface area (TPSA) is 73.9 Å². The molecule has 0 aliphatic carbocycles. The maximum Gasteiger partial charge on any atom is 0.257 e. The van der Waals surface area contributed by atoms with E-state index in [0.717, 1.165) is 31.9 Å². The Hall–Kier alpha value is -2.12. The van der Waals surface area contributed by atoms with Crippen LogP contribution >= 0.6 is 0 Å². The van der Waals surface area contributed by atoms with Crippen molar-refractivity contribution in [2.45, 2.75) is 26.8 Å². The van der Waals surface area contributed by atoms with Gasteiger partial charge in [-0.2, -0.15) is 0 Å². The first kappa shape index (κ1) is 20.2. The first-order chi connectivity index (χ1) is 12.4. The molecule has 0 radical (unpaired) electrons. The number of hydrogen-bond acceptors (Lipinski definition) is 5. The van der Waals surface area contributed by atoms with E-state index in [4.69, 9.17) is 4.74 Å². The molecule has 2 amide bonds. The van der Waals surface area contributed by atoms with Crippen molar-refractivity contribution in [2.75, 3.05) is 39.8 Å². The normalized spacial score (nSPS) is 17.0. The van der Waals surface area contributed by atoms with Gasteiger partial charge in [0.15, 0.2) is 0 Å². The van der Waals surface area contributed by atoms with Gasteiger partial charge in [-0.1, -0.05) is 13.8 Å². The first-order valence-corrected chi connectivity index (χ1v) is 9.18. The molecule has 1 saturated heterocycles. The molecule has 1 aliphatic rings. The van der Waals surface area contributed by atoms with Crippen LogP contribution in [0.4, 0.5) is 0 Å². The number of amides is 2. The highest BCUT2D eigenvalue weighted by Gasteiger charge is 2.27. The minimum atomic E-state index is -0.589. The number of ether oxygens (including phenoxy) is 1. The Morgan fingerprint density at radius 1 is 1.12 bits per heavy atom. The minimum absolute atomic E-state index is 0.0193. The van der Waals surface area contributed by atoms with E-state index in [1.807, 2.05) is 25.8 Å². The third kappa shape index (κ3) is 5.71. The standard InChI is InChI=1S/C19H30N4O3/c1-5-26-16-8-6-15(7-9-16)18(24)20-17(14(2)3)19(25)21-23-12-10-22(4)11-13-23/h6-9,14,17H,5,10-13H2,1-4H3,(H,20,24)(H,21,25)/t17-/m0/s1. The number of carbonyl (C=O) groups is 2. The van der Waals surface area contributed by atoms with Crippen molar-refractivity contribution in [2.24, 2.45) is 5.92 Å². The Balaban J connectivity index is 1.95. The molecular weight excluding hydrogens is 332 g/mol. The number of hydrazine groups is 1. The minimum Gasteiger partial charge on any atom is -0.494 e. The number of piperazine rings is 1. The lowest BCUT2D eigenvalue weighted by Crippen LogP contribution is -2.58. The molecule has 1 heterocycles. The highest BCUT2D eigenvalue weighted by Crippen LogP contribution is 2.13. The van der Waals surface area contributed by atoms with Crippen LogP contribution in [0.15, 0.2) is 24.3 Å². The smallest absolute Gasteiger partial charge is 0.257 e. The maximum absolute atomic E-state index is 12.6. The SMILES string of the molecule is CCOc1ccc(C(=O)N[C@H](C(=O)NN2CCN(C)CC2)C(C)C)cc1. The lowest BCUT2D eigenvalue weighted by Gasteiger charge is -2.34. The van der Waals surface area contributed by atoms with Gasteiger partial charge in [0.05, 0.1) is 6.61 Å². The number of rotatable bonds is 7. The zero-order valence-electron chi connectivity index (χ0n) is 16.1. The van der Waals surface area contributed by atoms with Gasteiger partial charge >= 0.3 is 0 Å². The molecule has 1 aliphatic heterocycles. The monoisotopic (exact) mass is 362 g/mol. The Labute approximate surface area is 155 Å². The Morgan fingerprint density at radius 3 is 2.27 bits per heavy atom. The molecule has 1 fully saturated rings. The fraction of sp³-hybridized carbons (Fsp3) is 0.579. The maximum atomic E-state index is 12.6. The van der Waals surface area contributed by atoms with E-state index in [1.54, 1.807) is 24.3 Å². The summed E-state index contributed by atoms with van der Waals surface area (Å²) in [5.41, 5.74) is 3.44. The highest BCUT2D eigenvalue weighted by molar-refractivity contribution is 5.97. The molecule has 26 heavy (non-hydrogen) atoms. The Bertz CT molecular complexity index is 595. The fourth-order valence-corrected chi connectivity index (χ4v) is 2.77. The van der Waals surface area contributed by atoms with E-state index < -0.39 is 6.04 Å². The second kappa shape index (κ2) is 9.54. The van der Waals surface area contributed by atoms with Gasteiger partial charge in [-0.3, -0.25) is 15.0 Å². The van der Waals surface area contributed by atoms with E-state index in [9.17, 15) is 9.59 Å². The molecule has 0 aromatic heterocycles. The van der Waals surface area contributed by atoms with Crippen LogP contribution in [0.3, 0.4) is 0 Å². The van der Waals surface area contributed by atoms with Gasteiger partial charge < -0.3 is 15.0 Å². The second-order valence-electron chi connectivity index (χ2n) is 6.92. The van der Waals surface area contributed by atoms with Crippen LogP contribution < -0.4 is 15.5 Å². The summed E-state index contributed by atoms with van der Waals surface area (Å²) in [6, 6.07) is 6.33. The largest absolute Gasteiger partial charge is 0.494 e. The number of likely N-dealkylation sites (N-methyl/N-ethyl adjacent to an activating group) is 1. The number of carbonyl (C=O) groups excluding carboxylic acids is 2. The Morgan fingerprint density at radius 2 is 1.73 bits per heavy atom. The van der Waals surface area contributed by atoms with Crippen molar-refractivity contribution in [1.29, 1.82) is 0 Å². The number of nitrogens with zero attached hydrogens (tertiary/aromatic N) is 2. The van der Waals surface area contributed by atoms with Crippen LogP contribution in [0.2, 0.25) is 0 Å². The van der Waals surface area contributed by atoms with Gasteiger partial charge in [-0.15, -0.1) is 0 Å². The zero-order chi connectivity index (χ0) is 19.1. The van der Waals surface area contributed by atoms with E-state index in [-0.39, 0.29) is 17.7 Å². The molecule has 7 nitrogen and oxygen atoms in total. The van der Waals surface area contributed by atoms with Crippen molar-refractivity contribution in [3.63, 3.8) is 0 Å². The summed E-state index contributed by atoms with van der Waals surface area (Å²) in [5, 5.41) is 4.77. The number of hydrogen-bond donors (Lipinski definition) is 2. The molecule has 2 N–H and O–H groups in total. The summed E-state index contributed by atoms with van der Waals surface area (Å²) < 4.78 is 5.39. The van der Waals surface area contributed by atoms with Crippen molar-refractivity contribution >= 4 is 11.8 Å². The molecule has 0 unspecified atom stereocenters. The summed E-state index contributed by atoms with van der Waals surface area (Å²) in [6.07, 6.45) is 0. The summed E-state index contributed by atoms with van der Waals surface area (Å²) in [7, 11) is 2.06. The molecule has 144 valence electrons. The Kier molecular flexibility index (Phi) is 7.41. The van der Waals surface area contributed by atoms with Crippen LogP contribution in [0.1, 0.15) is 31.1 Å². The average molecular weight is 362 g/mol. The van der Waals surface area contributed by atoms with Crippen molar-refractivity contribution in [3.8, 4) is 5.75 Å². The quantitative estimate of drug-likeness (QED) is 0.760. The molecule has 1 atom stereocenters. The van der Waals surface area contributed by atoms with Gasteiger partial charge in [-0.25, -0.2) is 5.01 Å². The summed E-state index contributed by atoms with van der Waals surface area (Å²) in [4.78, 5) is 27.4. The van der Waals surface area contributed by atoms with Crippen LogP contribution in [-0.2, 0) is 4.79 Å². The van der Waals surface area contributed by atoms with Crippen LogP contribution in [0.5, 0.6) is 5.75 Å².